The molecule has 1 aliphatic heterocycles. The topological polar surface area (TPSA) is 75.0 Å². The molecular weight excluding hydrogens is 230 g/mol. The molecule has 0 aliphatic carbocycles. The van der Waals surface area contributed by atoms with Crippen molar-refractivity contribution in [3.63, 3.8) is 0 Å². The molecule has 1 aromatic rings. The van der Waals surface area contributed by atoms with E-state index in [9.17, 15) is 5.11 Å². The molecule has 1 aliphatic rings. The smallest absolute Gasteiger partial charge is 0.191 e. The first kappa shape index (κ1) is 13.0. The molecule has 5 nitrogen and oxygen atoms in total. The summed E-state index contributed by atoms with van der Waals surface area (Å²) >= 11 is 0. The molecular formula is C13H21N3O2. The van der Waals surface area contributed by atoms with Crippen molar-refractivity contribution < 1.29 is 9.52 Å². The van der Waals surface area contributed by atoms with E-state index in [1.807, 2.05) is 0 Å². The fourth-order valence-corrected chi connectivity index (χ4v) is 2.09. The molecule has 5 heteroatoms. The van der Waals surface area contributed by atoms with Gasteiger partial charge >= 0.3 is 0 Å². The van der Waals surface area contributed by atoms with Crippen LogP contribution in [0.4, 0.5) is 0 Å². The third-order valence-corrected chi connectivity index (χ3v) is 3.41. The van der Waals surface area contributed by atoms with Crippen LogP contribution in [-0.4, -0.2) is 35.6 Å². The highest BCUT2D eigenvalue weighted by Gasteiger charge is 2.17. The van der Waals surface area contributed by atoms with Crippen LogP contribution in [0.2, 0.25) is 0 Å². The van der Waals surface area contributed by atoms with Crippen LogP contribution in [0.1, 0.15) is 31.6 Å². The van der Waals surface area contributed by atoms with Crippen LogP contribution in [0.5, 0.6) is 0 Å². The van der Waals surface area contributed by atoms with Gasteiger partial charge in [-0.1, -0.05) is 6.92 Å². The van der Waals surface area contributed by atoms with Gasteiger partial charge in [0.1, 0.15) is 11.9 Å². The number of guanidine groups is 1. The molecule has 1 atom stereocenters. The molecule has 0 radical (unpaired) electrons. The average Bonchev–Trinajstić information content (AvgIpc) is 2.90. The number of hydrogen-bond acceptors (Lipinski definition) is 3. The number of likely N-dealkylation sites (tertiary alicyclic amines) is 1. The zero-order valence-electron chi connectivity index (χ0n) is 10.7. The van der Waals surface area contributed by atoms with Gasteiger partial charge in [0.2, 0.25) is 0 Å². The third kappa shape index (κ3) is 3.26. The second kappa shape index (κ2) is 5.91. The first-order chi connectivity index (χ1) is 8.66. The first-order valence-corrected chi connectivity index (χ1v) is 6.43. The maximum Gasteiger partial charge on any atom is 0.191 e. The number of aliphatic imine (C=N–C) groups is 1. The average molecular weight is 251 g/mol. The van der Waals surface area contributed by atoms with Gasteiger partial charge < -0.3 is 20.2 Å². The molecule has 0 amide bonds. The number of hydrogen-bond donors (Lipinski definition) is 2. The summed E-state index contributed by atoms with van der Waals surface area (Å²) in [5, 5.41) is 9.82. The Bertz CT molecular complexity index is 381. The van der Waals surface area contributed by atoms with E-state index < -0.39 is 6.10 Å². The second-order valence-corrected chi connectivity index (χ2v) is 4.90. The maximum absolute atomic E-state index is 9.82. The Morgan fingerprint density at radius 3 is 2.94 bits per heavy atom. The van der Waals surface area contributed by atoms with E-state index in [0.717, 1.165) is 31.8 Å². The molecule has 1 saturated heterocycles. The zero-order valence-corrected chi connectivity index (χ0v) is 10.7. The zero-order chi connectivity index (χ0) is 13.0. The van der Waals surface area contributed by atoms with E-state index >= 15 is 0 Å². The molecule has 0 aromatic carbocycles. The predicted molar refractivity (Wildman–Crippen MR) is 70.1 cm³/mol. The fraction of sp³-hybridized carbons (Fsp3) is 0.615. The first-order valence-electron chi connectivity index (χ1n) is 6.43. The van der Waals surface area contributed by atoms with Crippen molar-refractivity contribution in [1.29, 1.82) is 0 Å². The highest BCUT2D eigenvalue weighted by molar-refractivity contribution is 5.78. The van der Waals surface area contributed by atoms with Crippen molar-refractivity contribution >= 4 is 5.96 Å². The number of rotatable bonds is 3. The summed E-state index contributed by atoms with van der Waals surface area (Å²) in [6.45, 7) is 4.40. The van der Waals surface area contributed by atoms with E-state index in [1.54, 1.807) is 12.1 Å². The van der Waals surface area contributed by atoms with Gasteiger partial charge in [-0.3, -0.25) is 4.99 Å². The lowest BCUT2D eigenvalue weighted by molar-refractivity contribution is 0.158. The Hall–Kier alpha value is -1.49. The predicted octanol–water partition coefficient (Wildman–Crippen LogP) is 1.36. The highest BCUT2D eigenvalue weighted by atomic mass is 16.4. The van der Waals surface area contributed by atoms with Crippen molar-refractivity contribution in [3.8, 4) is 0 Å². The number of furan rings is 1. The monoisotopic (exact) mass is 251 g/mol. The molecule has 1 aromatic heterocycles. The number of piperidine rings is 1. The van der Waals surface area contributed by atoms with E-state index in [-0.39, 0.29) is 6.54 Å². The van der Waals surface area contributed by atoms with Crippen LogP contribution < -0.4 is 5.73 Å². The standard InChI is InChI=1S/C13H21N3O2/c1-10-4-6-16(7-5-10)13(14)15-9-11(17)12-3-2-8-18-12/h2-3,8,10-11,17H,4-7,9H2,1H3,(H2,14,15). The van der Waals surface area contributed by atoms with Gasteiger partial charge in [0, 0.05) is 13.1 Å². The van der Waals surface area contributed by atoms with Crippen molar-refractivity contribution in [2.45, 2.75) is 25.9 Å². The molecule has 3 N–H and O–H groups in total. The Kier molecular flexibility index (Phi) is 4.25. The van der Waals surface area contributed by atoms with Gasteiger partial charge in [0.15, 0.2) is 5.96 Å². The van der Waals surface area contributed by atoms with Crippen molar-refractivity contribution in [2.24, 2.45) is 16.6 Å². The molecule has 18 heavy (non-hydrogen) atoms. The van der Waals surface area contributed by atoms with Gasteiger partial charge in [-0.05, 0) is 30.9 Å². The van der Waals surface area contributed by atoms with E-state index in [0.29, 0.717) is 11.7 Å². The summed E-state index contributed by atoms with van der Waals surface area (Å²) in [6, 6.07) is 3.48. The molecule has 2 rings (SSSR count). The van der Waals surface area contributed by atoms with Gasteiger partial charge in [0.05, 0.1) is 12.8 Å². The summed E-state index contributed by atoms with van der Waals surface area (Å²) in [5.41, 5.74) is 5.93. The lowest BCUT2D eigenvalue weighted by atomic mass is 10.00. The number of aliphatic hydroxyl groups is 1. The number of nitrogens with two attached hydrogens (primary N) is 1. The van der Waals surface area contributed by atoms with Crippen molar-refractivity contribution in [3.05, 3.63) is 24.2 Å². The van der Waals surface area contributed by atoms with Gasteiger partial charge in [-0.2, -0.15) is 0 Å². The normalized spacial score (nSPS) is 20.1. The molecule has 0 bridgehead atoms. The van der Waals surface area contributed by atoms with E-state index in [2.05, 4.69) is 16.8 Å². The minimum Gasteiger partial charge on any atom is -0.467 e. The van der Waals surface area contributed by atoms with Gasteiger partial charge in [-0.25, -0.2) is 0 Å². The van der Waals surface area contributed by atoms with Gasteiger partial charge in [0.25, 0.3) is 0 Å². The van der Waals surface area contributed by atoms with E-state index in [4.69, 9.17) is 10.2 Å². The molecule has 2 heterocycles. The van der Waals surface area contributed by atoms with Crippen LogP contribution in [0.25, 0.3) is 0 Å². The fourth-order valence-electron chi connectivity index (χ4n) is 2.09. The molecule has 1 fully saturated rings. The maximum atomic E-state index is 9.82. The summed E-state index contributed by atoms with van der Waals surface area (Å²) in [7, 11) is 0. The van der Waals surface area contributed by atoms with Crippen LogP contribution in [0, 0.1) is 5.92 Å². The lowest BCUT2D eigenvalue weighted by Gasteiger charge is -2.31. The molecule has 0 spiro atoms. The van der Waals surface area contributed by atoms with Crippen LogP contribution in [0.15, 0.2) is 27.8 Å². The summed E-state index contributed by atoms with van der Waals surface area (Å²) in [4.78, 5) is 6.32. The Morgan fingerprint density at radius 1 is 1.61 bits per heavy atom. The van der Waals surface area contributed by atoms with Crippen molar-refractivity contribution in [2.75, 3.05) is 19.6 Å². The van der Waals surface area contributed by atoms with Crippen LogP contribution in [-0.2, 0) is 0 Å². The second-order valence-electron chi connectivity index (χ2n) is 4.90. The quantitative estimate of drug-likeness (QED) is 0.628. The third-order valence-electron chi connectivity index (χ3n) is 3.41. The number of nitrogens with zero attached hydrogens (tertiary/aromatic N) is 2. The summed E-state index contributed by atoms with van der Waals surface area (Å²) in [6.07, 6.45) is 3.12. The van der Waals surface area contributed by atoms with Crippen LogP contribution >= 0.6 is 0 Å². The lowest BCUT2D eigenvalue weighted by Crippen LogP contribution is -2.42. The summed E-state index contributed by atoms with van der Waals surface area (Å²) in [5.74, 6) is 1.81. The summed E-state index contributed by atoms with van der Waals surface area (Å²) < 4.78 is 5.11. The SMILES string of the molecule is CC1CCN(C(N)=NCC(O)c2ccco2)CC1. The van der Waals surface area contributed by atoms with Crippen molar-refractivity contribution in [1.82, 2.24) is 4.90 Å². The molecule has 1 unspecified atom stereocenters. The minimum atomic E-state index is -0.720. The van der Waals surface area contributed by atoms with Crippen LogP contribution in [0.3, 0.4) is 0 Å². The number of aliphatic hydroxyl groups excluding tert-OH is 1. The molecule has 100 valence electrons. The minimum absolute atomic E-state index is 0.241. The Morgan fingerprint density at radius 2 is 2.33 bits per heavy atom. The van der Waals surface area contributed by atoms with Gasteiger partial charge in [-0.15, -0.1) is 0 Å². The highest BCUT2D eigenvalue weighted by Crippen LogP contribution is 2.16. The molecule has 0 saturated carbocycles. The largest absolute Gasteiger partial charge is 0.467 e. The Balaban J connectivity index is 1.85. The Labute approximate surface area is 107 Å². The van der Waals surface area contributed by atoms with E-state index in [1.165, 1.54) is 6.26 Å².